The summed E-state index contributed by atoms with van der Waals surface area (Å²) in [5, 5.41) is 0. The van der Waals surface area contributed by atoms with Crippen molar-refractivity contribution in [3.8, 4) is 0 Å². The van der Waals surface area contributed by atoms with Crippen LogP contribution in [0.4, 0.5) is 0 Å². The van der Waals surface area contributed by atoms with Crippen LogP contribution in [0, 0.1) is 30.3 Å². The minimum atomic E-state index is 1.02. The molecule has 0 aromatic rings. The molecule has 2 fully saturated rings. The van der Waals surface area contributed by atoms with Crippen LogP contribution in [0.5, 0.6) is 0 Å². The van der Waals surface area contributed by atoms with Gasteiger partial charge in [0.05, 0.1) is 0 Å². The van der Waals surface area contributed by atoms with Crippen LogP contribution in [0.25, 0.3) is 0 Å². The van der Waals surface area contributed by atoms with Crippen LogP contribution in [0.15, 0.2) is 6.58 Å². The monoisotopic (exact) mass is 295 g/mol. The maximum atomic E-state index is 7.94. The zero-order valence-corrected chi connectivity index (χ0v) is 13.0. The summed E-state index contributed by atoms with van der Waals surface area (Å²) in [6.45, 7) is 7.42. The summed E-state index contributed by atoms with van der Waals surface area (Å²) in [7, 11) is 0. The molecule has 2 saturated carbocycles. The fraction of sp³-hybridized carbons (Fsp3) is 0.812. The van der Waals surface area contributed by atoms with E-state index in [1.54, 1.807) is 6.92 Å². The van der Waals surface area contributed by atoms with Crippen molar-refractivity contribution in [3.63, 3.8) is 0 Å². The van der Waals surface area contributed by atoms with Gasteiger partial charge in [-0.2, -0.15) is 19.8 Å². The van der Waals surface area contributed by atoms with E-state index in [0.29, 0.717) is 0 Å². The molecule has 0 saturated heterocycles. The van der Waals surface area contributed by atoms with Crippen molar-refractivity contribution in [2.45, 2.75) is 65.2 Å². The predicted octanol–water partition coefficient (Wildman–Crippen LogP) is 5.08. The minimum absolute atomic E-state index is 1.02. The Morgan fingerprint density at radius 1 is 1.00 bits per heavy atom. The average Bonchev–Trinajstić information content (AvgIpc) is 2.44. The Kier molecular flexibility index (Phi) is 12.1. The molecule has 0 amide bonds. The van der Waals surface area contributed by atoms with E-state index in [2.05, 4.69) is 41.7 Å². The summed E-state index contributed by atoms with van der Waals surface area (Å²) >= 11 is 2.31. The summed E-state index contributed by atoms with van der Waals surface area (Å²) in [5.74, 6) is 3.22. The second kappa shape index (κ2) is 12.1. The molecule has 18 heavy (non-hydrogen) atoms. The molecule has 0 unspecified atom stereocenters. The molecule has 2 aliphatic rings. The molecule has 0 atom stereocenters. The first kappa shape index (κ1) is 18.0. The molecule has 0 spiro atoms. The van der Waals surface area contributed by atoms with Gasteiger partial charge in [-0.05, 0) is 30.6 Å². The fourth-order valence-corrected chi connectivity index (χ4v) is 3.18. The van der Waals surface area contributed by atoms with Crippen LogP contribution in [0.3, 0.4) is 0 Å². The van der Waals surface area contributed by atoms with Gasteiger partial charge in [0.1, 0.15) is 0 Å². The van der Waals surface area contributed by atoms with Crippen molar-refractivity contribution in [3.05, 3.63) is 19.1 Å². The van der Waals surface area contributed by atoms with E-state index in [4.69, 9.17) is 3.87 Å². The van der Waals surface area contributed by atoms with Gasteiger partial charge in [-0.3, -0.25) is 6.58 Å². The molecular formula is C16H28CoO-2. The molecule has 2 aliphatic carbocycles. The molecule has 0 aliphatic heterocycles. The summed E-state index contributed by atoms with van der Waals surface area (Å²) in [6.07, 6.45) is 16.9. The standard InChI is InChI=1S/C13H23.C3H5.Co.O/c1-11-7-9-13(10-8-11)12-5-3-2-4-6-12;1-3-2;;/h2,11-13H,3-10H2,1H3;1H2,2H3;;/q2*-1;;. The Morgan fingerprint density at radius 3 is 1.83 bits per heavy atom. The van der Waals surface area contributed by atoms with E-state index in [1.807, 2.05) is 0 Å². The first-order chi connectivity index (χ1) is 8.77. The summed E-state index contributed by atoms with van der Waals surface area (Å²) in [6, 6.07) is 0. The molecule has 0 bridgehead atoms. The third-order valence-corrected chi connectivity index (χ3v) is 4.21. The van der Waals surface area contributed by atoms with Crippen LogP contribution in [0.2, 0.25) is 0 Å². The van der Waals surface area contributed by atoms with Crippen LogP contribution < -0.4 is 0 Å². The van der Waals surface area contributed by atoms with Gasteiger partial charge in [0.2, 0.25) is 0 Å². The third kappa shape index (κ3) is 7.47. The van der Waals surface area contributed by atoms with E-state index in [-0.39, 0.29) is 0 Å². The van der Waals surface area contributed by atoms with Gasteiger partial charge < -0.3 is 12.5 Å². The Hall–Kier alpha value is 0.0465. The van der Waals surface area contributed by atoms with Crippen molar-refractivity contribution in [2.75, 3.05) is 0 Å². The zero-order valence-electron chi connectivity index (χ0n) is 11.9. The van der Waals surface area contributed by atoms with Gasteiger partial charge >= 0.3 is 19.5 Å². The van der Waals surface area contributed by atoms with E-state index in [1.165, 1.54) is 51.4 Å². The Morgan fingerprint density at radius 2 is 1.39 bits per heavy atom. The normalized spacial score (nSPS) is 28.2. The molecule has 109 valence electrons. The average molecular weight is 295 g/mol. The van der Waals surface area contributed by atoms with Crippen molar-refractivity contribution in [1.82, 2.24) is 0 Å². The van der Waals surface area contributed by atoms with Gasteiger partial charge in [-0.25, -0.2) is 0 Å². The Labute approximate surface area is 122 Å². The number of allylic oxidation sites excluding steroid dienone is 1. The molecule has 1 nitrogen and oxygen atoms in total. The number of hydrogen-bond acceptors (Lipinski definition) is 1. The van der Waals surface area contributed by atoms with E-state index in [0.717, 1.165) is 17.8 Å². The molecule has 2 rings (SSSR count). The summed E-state index contributed by atoms with van der Waals surface area (Å²) in [5.41, 5.74) is 0. The number of rotatable bonds is 1. The molecule has 0 aromatic heterocycles. The van der Waals surface area contributed by atoms with Gasteiger partial charge in [0, 0.05) is 0 Å². The van der Waals surface area contributed by atoms with Crippen LogP contribution >= 0.6 is 0 Å². The van der Waals surface area contributed by atoms with E-state index in [9.17, 15) is 0 Å². The van der Waals surface area contributed by atoms with E-state index >= 15 is 0 Å². The van der Waals surface area contributed by atoms with Gasteiger partial charge in [0.25, 0.3) is 0 Å². The van der Waals surface area contributed by atoms with Crippen molar-refractivity contribution in [2.24, 2.45) is 17.8 Å². The molecule has 2 heteroatoms. The summed E-state index contributed by atoms with van der Waals surface area (Å²) in [4.78, 5) is 0. The van der Waals surface area contributed by atoms with Crippen molar-refractivity contribution < 1.29 is 19.5 Å². The van der Waals surface area contributed by atoms with Crippen LogP contribution in [0.1, 0.15) is 65.2 Å². The molecule has 0 heterocycles. The summed E-state index contributed by atoms with van der Waals surface area (Å²) < 4.78 is 7.94. The SMILES string of the molecule is C=[C-]C.CC1CCC(C2CC[CH-]CC2)CC1.[O]=[Co]. The fourth-order valence-electron chi connectivity index (χ4n) is 3.18. The molecular weight excluding hydrogens is 267 g/mol. The first-order valence-electron chi connectivity index (χ1n) is 7.17. The topological polar surface area (TPSA) is 17.1 Å². The third-order valence-electron chi connectivity index (χ3n) is 4.21. The van der Waals surface area contributed by atoms with Crippen LogP contribution in [-0.2, 0) is 19.5 Å². The Bertz CT molecular complexity index is 191. The van der Waals surface area contributed by atoms with Gasteiger partial charge in [-0.1, -0.05) is 32.6 Å². The first-order valence-corrected chi connectivity index (χ1v) is 7.59. The van der Waals surface area contributed by atoms with Crippen molar-refractivity contribution in [1.29, 1.82) is 0 Å². The molecule has 0 aromatic carbocycles. The second-order valence-corrected chi connectivity index (χ2v) is 5.58. The van der Waals surface area contributed by atoms with Gasteiger partial charge in [0.15, 0.2) is 0 Å². The number of hydrogen-bond donors (Lipinski definition) is 0. The van der Waals surface area contributed by atoms with Gasteiger partial charge in [-0.15, -0.1) is 0 Å². The van der Waals surface area contributed by atoms with Crippen LogP contribution in [-0.4, -0.2) is 0 Å². The zero-order chi connectivity index (χ0) is 13.8. The maximum absolute atomic E-state index is 7.94. The molecule has 0 N–H and O–H groups in total. The van der Waals surface area contributed by atoms with E-state index < -0.39 is 0 Å². The van der Waals surface area contributed by atoms with Crippen molar-refractivity contribution >= 4 is 0 Å². The Balaban J connectivity index is 0.000000509. The molecule has 0 radical (unpaired) electrons. The quantitative estimate of drug-likeness (QED) is 0.616. The predicted molar refractivity (Wildman–Crippen MR) is 72.6 cm³/mol. The second-order valence-electron chi connectivity index (χ2n) is 5.58.